The van der Waals surface area contributed by atoms with E-state index in [1.54, 1.807) is 6.92 Å². The lowest BCUT2D eigenvalue weighted by atomic mass is 10.0. The second-order valence-electron chi connectivity index (χ2n) is 3.25. The number of carboxylic acids is 1. The maximum atomic E-state index is 13.4. The van der Waals surface area contributed by atoms with E-state index in [1.165, 1.54) is 19.2 Å². The van der Waals surface area contributed by atoms with Gasteiger partial charge in [0.1, 0.15) is 11.6 Å². The highest BCUT2D eigenvalue weighted by Gasteiger charge is 2.11. The largest absolute Gasteiger partial charge is 0.496 e. The van der Waals surface area contributed by atoms with Crippen LogP contribution in [0.4, 0.5) is 4.39 Å². The van der Waals surface area contributed by atoms with Crippen LogP contribution in [-0.4, -0.2) is 18.2 Å². The van der Waals surface area contributed by atoms with E-state index in [-0.39, 0.29) is 18.7 Å². The quantitative estimate of drug-likeness (QED) is 0.831. The molecule has 1 aromatic rings. The number of benzene rings is 1. The van der Waals surface area contributed by atoms with Gasteiger partial charge in [-0.25, -0.2) is 4.39 Å². The van der Waals surface area contributed by atoms with Gasteiger partial charge in [-0.1, -0.05) is 0 Å². The average Bonchev–Trinajstić information content (AvgIpc) is 2.17. The number of halogens is 1. The number of hydrogen-bond donors (Lipinski definition) is 1. The monoisotopic (exact) mass is 212 g/mol. The molecule has 1 rings (SSSR count). The summed E-state index contributed by atoms with van der Waals surface area (Å²) in [5.41, 5.74) is 1.08. The molecular formula is C11H13FO3. The molecule has 3 nitrogen and oxygen atoms in total. The summed E-state index contributed by atoms with van der Waals surface area (Å²) in [7, 11) is 1.50. The summed E-state index contributed by atoms with van der Waals surface area (Å²) in [4.78, 5) is 10.4. The molecule has 0 amide bonds. The van der Waals surface area contributed by atoms with Crippen molar-refractivity contribution >= 4 is 5.97 Å². The van der Waals surface area contributed by atoms with Gasteiger partial charge in [-0.2, -0.15) is 0 Å². The molecule has 0 aliphatic carbocycles. The molecule has 0 heterocycles. The maximum Gasteiger partial charge on any atom is 0.303 e. The van der Waals surface area contributed by atoms with Crippen molar-refractivity contribution in [1.29, 1.82) is 0 Å². The van der Waals surface area contributed by atoms with Crippen molar-refractivity contribution in [2.45, 2.75) is 19.8 Å². The van der Waals surface area contributed by atoms with E-state index < -0.39 is 5.97 Å². The Morgan fingerprint density at radius 3 is 2.73 bits per heavy atom. The zero-order valence-electron chi connectivity index (χ0n) is 8.71. The van der Waals surface area contributed by atoms with E-state index in [0.717, 1.165) is 0 Å². The molecule has 0 aliphatic heterocycles. The fraction of sp³-hybridized carbons (Fsp3) is 0.364. The molecule has 0 saturated carbocycles. The summed E-state index contributed by atoms with van der Waals surface area (Å²) in [5.74, 6) is -0.733. The Kier molecular flexibility index (Phi) is 3.66. The van der Waals surface area contributed by atoms with Crippen LogP contribution in [0.1, 0.15) is 17.5 Å². The van der Waals surface area contributed by atoms with Crippen molar-refractivity contribution in [3.8, 4) is 5.75 Å². The number of carboxylic acid groups (broad SMARTS) is 1. The molecule has 0 atom stereocenters. The molecule has 15 heavy (non-hydrogen) atoms. The number of hydrogen-bond acceptors (Lipinski definition) is 2. The van der Waals surface area contributed by atoms with Crippen LogP contribution >= 0.6 is 0 Å². The second-order valence-corrected chi connectivity index (χ2v) is 3.25. The third-order valence-electron chi connectivity index (χ3n) is 2.30. The zero-order valence-corrected chi connectivity index (χ0v) is 8.71. The van der Waals surface area contributed by atoms with Crippen molar-refractivity contribution in [3.63, 3.8) is 0 Å². The third-order valence-corrected chi connectivity index (χ3v) is 2.30. The predicted molar refractivity (Wildman–Crippen MR) is 53.6 cm³/mol. The van der Waals surface area contributed by atoms with Crippen molar-refractivity contribution in [1.82, 2.24) is 0 Å². The van der Waals surface area contributed by atoms with Gasteiger partial charge >= 0.3 is 5.97 Å². The van der Waals surface area contributed by atoms with Gasteiger partial charge in [0, 0.05) is 6.42 Å². The van der Waals surface area contributed by atoms with E-state index in [4.69, 9.17) is 9.84 Å². The highest BCUT2D eigenvalue weighted by molar-refractivity contribution is 5.67. The zero-order chi connectivity index (χ0) is 11.4. The minimum Gasteiger partial charge on any atom is -0.496 e. The SMILES string of the molecule is COc1ccc(F)c(CCC(=O)O)c1C. The summed E-state index contributed by atoms with van der Waals surface area (Å²) in [6.07, 6.45) is 0.106. The van der Waals surface area contributed by atoms with E-state index >= 15 is 0 Å². The Balaban J connectivity index is 2.98. The first-order chi connectivity index (χ1) is 7.06. The number of ether oxygens (including phenoxy) is 1. The molecule has 0 unspecified atom stereocenters. The van der Waals surface area contributed by atoms with Crippen molar-refractivity contribution in [2.75, 3.05) is 7.11 Å². The molecule has 0 spiro atoms. The van der Waals surface area contributed by atoms with Gasteiger partial charge in [0.15, 0.2) is 0 Å². The molecule has 1 aromatic carbocycles. The summed E-state index contributed by atoms with van der Waals surface area (Å²) in [6.45, 7) is 1.72. The van der Waals surface area contributed by atoms with Gasteiger partial charge in [-0.15, -0.1) is 0 Å². The number of carbonyl (C=O) groups is 1. The molecule has 0 saturated heterocycles. The molecule has 4 heteroatoms. The average molecular weight is 212 g/mol. The van der Waals surface area contributed by atoms with Crippen LogP contribution in [0, 0.1) is 12.7 Å². The van der Waals surface area contributed by atoms with Crippen LogP contribution in [0.15, 0.2) is 12.1 Å². The van der Waals surface area contributed by atoms with Crippen LogP contribution in [0.25, 0.3) is 0 Å². The predicted octanol–water partition coefficient (Wildman–Crippen LogP) is 2.16. The lowest BCUT2D eigenvalue weighted by molar-refractivity contribution is -0.136. The van der Waals surface area contributed by atoms with Crippen molar-refractivity contribution in [3.05, 3.63) is 29.1 Å². The van der Waals surface area contributed by atoms with Crippen LogP contribution in [0.5, 0.6) is 5.75 Å². The first-order valence-corrected chi connectivity index (χ1v) is 4.60. The smallest absolute Gasteiger partial charge is 0.303 e. The summed E-state index contributed by atoms with van der Waals surface area (Å²) in [5, 5.41) is 8.53. The van der Waals surface area contributed by atoms with E-state index in [9.17, 15) is 9.18 Å². The molecular weight excluding hydrogens is 199 g/mol. The molecule has 0 bridgehead atoms. The van der Waals surface area contributed by atoms with Crippen molar-refractivity contribution in [2.24, 2.45) is 0 Å². The van der Waals surface area contributed by atoms with Gasteiger partial charge in [-0.3, -0.25) is 4.79 Å². The lowest BCUT2D eigenvalue weighted by Crippen LogP contribution is -2.02. The number of aliphatic carboxylic acids is 1. The Hall–Kier alpha value is -1.58. The molecule has 0 aromatic heterocycles. The Labute approximate surface area is 87.5 Å². The summed E-state index contributed by atoms with van der Waals surface area (Å²) < 4.78 is 18.4. The van der Waals surface area contributed by atoms with Gasteiger partial charge < -0.3 is 9.84 Å². The highest BCUT2D eigenvalue weighted by atomic mass is 19.1. The molecule has 82 valence electrons. The normalized spacial score (nSPS) is 10.1. The number of methoxy groups -OCH3 is 1. The molecule has 0 aliphatic rings. The Morgan fingerprint density at radius 2 is 2.20 bits per heavy atom. The molecule has 1 N–H and O–H groups in total. The Morgan fingerprint density at radius 1 is 1.53 bits per heavy atom. The lowest BCUT2D eigenvalue weighted by Gasteiger charge is -2.10. The summed E-state index contributed by atoms with van der Waals surface area (Å²) >= 11 is 0. The van der Waals surface area contributed by atoms with Gasteiger partial charge in [0.2, 0.25) is 0 Å². The first kappa shape index (κ1) is 11.5. The topological polar surface area (TPSA) is 46.5 Å². The highest BCUT2D eigenvalue weighted by Crippen LogP contribution is 2.24. The van der Waals surface area contributed by atoms with Crippen molar-refractivity contribution < 1.29 is 19.0 Å². The minimum absolute atomic E-state index is 0.0784. The summed E-state index contributed by atoms with van der Waals surface area (Å²) in [6, 6.07) is 2.83. The maximum absolute atomic E-state index is 13.4. The minimum atomic E-state index is -0.934. The standard InChI is InChI=1S/C11H13FO3/c1-7-8(3-6-11(13)14)9(12)4-5-10(7)15-2/h4-5H,3,6H2,1-2H3,(H,13,14). The van der Waals surface area contributed by atoms with Gasteiger partial charge in [-0.05, 0) is 36.6 Å². The van der Waals surface area contributed by atoms with Crippen LogP contribution in [0.2, 0.25) is 0 Å². The fourth-order valence-electron chi connectivity index (χ4n) is 1.46. The molecule has 0 fully saturated rings. The fourth-order valence-corrected chi connectivity index (χ4v) is 1.46. The van der Waals surface area contributed by atoms with E-state index in [2.05, 4.69) is 0 Å². The third kappa shape index (κ3) is 2.68. The van der Waals surface area contributed by atoms with E-state index in [1.807, 2.05) is 0 Å². The van der Waals surface area contributed by atoms with Crippen LogP contribution in [-0.2, 0) is 11.2 Å². The number of rotatable bonds is 4. The molecule has 0 radical (unpaired) electrons. The van der Waals surface area contributed by atoms with Gasteiger partial charge in [0.05, 0.1) is 7.11 Å². The van der Waals surface area contributed by atoms with Crippen LogP contribution in [0.3, 0.4) is 0 Å². The second kappa shape index (κ2) is 4.77. The van der Waals surface area contributed by atoms with E-state index in [0.29, 0.717) is 16.9 Å². The van der Waals surface area contributed by atoms with Crippen LogP contribution < -0.4 is 4.74 Å². The Bertz CT molecular complexity index is 374. The first-order valence-electron chi connectivity index (χ1n) is 4.60. The van der Waals surface area contributed by atoms with Gasteiger partial charge in [0.25, 0.3) is 0 Å².